The fourth-order valence-electron chi connectivity index (χ4n) is 3.74. The number of piperidine rings is 1. The van der Waals surface area contributed by atoms with Crippen molar-refractivity contribution in [1.82, 2.24) is 4.90 Å². The van der Waals surface area contributed by atoms with Gasteiger partial charge in [0.15, 0.2) is 0 Å². The molecular weight excluding hydrogens is 236 g/mol. The van der Waals surface area contributed by atoms with Crippen molar-refractivity contribution in [2.45, 2.75) is 44.6 Å². The third kappa shape index (κ3) is 2.06. The number of fused-ring (bicyclic) bond motifs is 2. The summed E-state index contributed by atoms with van der Waals surface area (Å²) in [5.41, 5.74) is 10.3. The molecule has 2 N–H and O–H groups in total. The number of benzene rings is 1. The molecule has 3 rings (SSSR count). The number of hydrogen-bond acceptors (Lipinski definition) is 2. The summed E-state index contributed by atoms with van der Waals surface area (Å²) in [6.07, 6.45) is 4.63. The van der Waals surface area contributed by atoms with Gasteiger partial charge in [-0.1, -0.05) is 18.2 Å². The van der Waals surface area contributed by atoms with Crippen molar-refractivity contribution in [1.29, 1.82) is 0 Å². The smallest absolute Gasteiger partial charge is 0.219 e. The molecule has 1 aliphatic carbocycles. The summed E-state index contributed by atoms with van der Waals surface area (Å²) < 4.78 is 0. The second-order valence-corrected chi connectivity index (χ2v) is 5.98. The summed E-state index contributed by atoms with van der Waals surface area (Å²) in [5.74, 6) is 0.212. The Morgan fingerprint density at radius 1 is 1.32 bits per heavy atom. The van der Waals surface area contributed by atoms with Crippen LogP contribution in [-0.2, 0) is 23.2 Å². The van der Waals surface area contributed by atoms with Crippen LogP contribution in [0.4, 0.5) is 0 Å². The van der Waals surface area contributed by atoms with Crippen molar-refractivity contribution in [3.05, 3.63) is 34.9 Å². The van der Waals surface area contributed by atoms with E-state index >= 15 is 0 Å². The number of aryl methyl sites for hydroxylation is 1. The Labute approximate surface area is 114 Å². The maximum Gasteiger partial charge on any atom is 0.219 e. The molecule has 0 atom stereocenters. The third-order valence-corrected chi connectivity index (χ3v) is 5.02. The van der Waals surface area contributed by atoms with E-state index in [2.05, 4.69) is 18.2 Å². The summed E-state index contributed by atoms with van der Waals surface area (Å²) in [5, 5.41) is 0. The number of likely N-dealkylation sites (tertiary alicyclic amines) is 1. The van der Waals surface area contributed by atoms with E-state index in [9.17, 15) is 4.79 Å². The first-order chi connectivity index (χ1) is 9.14. The summed E-state index contributed by atoms with van der Waals surface area (Å²) in [6.45, 7) is 4.10. The summed E-state index contributed by atoms with van der Waals surface area (Å²) >= 11 is 0. The fourth-order valence-corrected chi connectivity index (χ4v) is 3.74. The molecule has 1 saturated heterocycles. The molecule has 1 fully saturated rings. The van der Waals surface area contributed by atoms with E-state index in [-0.39, 0.29) is 5.91 Å². The molecule has 1 aromatic rings. The van der Waals surface area contributed by atoms with Crippen LogP contribution in [0.1, 0.15) is 42.9 Å². The largest absolute Gasteiger partial charge is 0.343 e. The first-order valence-corrected chi connectivity index (χ1v) is 7.22. The van der Waals surface area contributed by atoms with Gasteiger partial charge in [-0.2, -0.15) is 0 Å². The van der Waals surface area contributed by atoms with Gasteiger partial charge in [0, 0.05) is 26.6 Å². The number of carbonyl (C=O) groups is 1. The van der Waals surface area contributed by atoms with E-state index < -0.39 is 0 Å². The highest BCUT2D eigenvalue weighted by Crippen LogP contribution is 2.46. The van der Waals surface area contributed by atoms with E-state index in [0.29, 0.717) is 12.0 Å². The van der Waals surface area contributed by atoms with Gasteiger partial charge in [0.25, 0.3) is 0 Å². The lowest BCUT2D eigenvalue weighted by Gasteiger charge is -2.40. The predicted octanol–water partition coefficient (Wildman–Crippen LogP) is 1.97. The van der Waals surface area contributed by atoms with Gasteiger partial charge < -0.3 is 10.6 Å². The van der Waals surface area contributed by atoms with Crippen molar-refractivity contribution in [3.8, 4) is 0 Å². The highest BCUT2D eigenvalue weighted by molar-refractivity contribution is 5.73. The summed E-state index contributed by atoms with van der Waals surface area (Å²) in [7, 11) is 0. The van der Waals surface area contributed by atoms with Gasteiger partial charge in [-0.05, 0) is 47.8 Å². The molecule has 0 aromatic heterocycles. The standard InChI is InChI=1S/C16H22N2O/c1-12(19)18-8-6-16(7-9-18)5-4-14-3-2-13(11-17)10-15(14)16/h2-3,10H,4-9,11,17H2,1H3. The van der Waals surface area contributed by atoms with Gasteiger partial charge in [0.2, 0.25) is 5.91 Å². The highest BCUT2D eigenvalue weighted by Gasteiger charge is 2.41. The molecule has 0 saturated carbocycles. The van der Waals surface area contributed by atoms with Crippen LogP contribution in [0.2, 0.25) is 0 Å². The minimum absolute atomic E-state index is 0.212. The minimum atomic E-state index is 0.212. The maximum atomic E-state index is 11.5. The van der Waals surface area contributed by atoms with Gasteiger partial charge in [-0.25, -0.2) is 0 Å². The molecular formula is C16H22N2O. The Hall–Kier alpha value is -1.35. The number of hydrogen-bond donors (Lipinski definition) is 1. The van der Waals surface area contributed by atoms with Crippen molar-refractivity contribution < 1.29 is 4.79 Å². The second kappa shape index (κ2) is 4.64. The van der Waals surface area contributed by atoms with Crippen LogP contribution in [0.5, 0.6) is 0 Å². The zero-order valence-corrected chi connectivity index (χ0v) is 11.6. The predicted molar refractivity (Wildman–Crippen MR) is 75.8 cm³/mol. The Bertz CT molecular complexity index is 501. The summed E-state index contributed by atoms with van der Waals surface area (Å²) in [6, 6.07) is 6.72. The first-order valence-electron chi connectivity index (χ1n) is 7.22. The van der Waals surface area contributed by atoms with E-state index in [1.165, 1.54) is 29.5 Å². The molecule has 1 amide bonds. The quantitative estimate of drug-likeness (QED) is 0.837. The lowest BCUT2D eigenvalue weighted by molar-refractivity contribution is -0.130. The third-order valence-electron chi connectivity index (χ3n) is 5.02. The van der Waals surface area contributed by atoms with Crippen LogP contribution in [0.15, 0.2) is 18.2 Å². The molecule has 0 bridgehead atoms. The normalized spacial score (nSPS) is 20.6. The minimum Gasteiger partial charge on any atom is -0.343 e. The van der Waals surface area contributed by atoms with Crippen LogP contribution in [0.25, 0.3) is 0 Å². The van der Waals surface area contributed by atoms with E-state index in [1.807, 2.05) is 4.90 Å². The molecule has 102 valence electrons. The molecule has 2 aliphatic rings. The van der Waals surface area contributed by atoms with E-state index in [4.69, 9.17) is 5.73 Å². The summed E-state index contributed by atoms with van der Waals surface area (Å²) in [4.78, 5) is 13.4. The Morgan fingerprint density at radius 3 is 2.68 bits per heavy atom. The maximum absolute atomic E-state index is 11.5. The average molecular weight is 258 g/mol. The molecule has 1 spiro atoms. The molecule has 0 radical (unpaired) electrons. The van der Waals surface area contributed by atoms with Crippen LogP contribution in [0, 0.1) is 0 Å². The zero-order valence-electron chi connectivity index (χ0n) is 11.6. The Balaban J connectivity index is 1.87. The number of carbonyl (C=O) groups excluding carboxylic acids is 1. The van der Waals surface area contributed by atoms with Gasteiger partial charge in [0.1, 0.15) is 0 Å². The number of amides is 1. The topological polar surface area (TPSA) is 46.3 Å². The van der Waals surface area contributed by atoms with Crippen LogP contribution < -0.4 is 5.73 Å². The second-order valence-electron chi connectivity index (χ2n) is 5.98. The SMILES string of the molecule is CC(=O)N1CCC2(CCc3ccc(CN)cc32)CC1. The van der Waals surface area contributed by atoms with Crippen molar-refractivity contribution >= 4 is 5.91 Å². The lowest BCUT2D eigenvalue weighted by atomic mass is 9.73. The molecule has 1 heterocycles. The Kier molecular flexibility index (Phi) is 3.09. The van der Waals surface area contributed by atoms with Crippen LogP contribution in [0.3, 0.4) is 0 Å². The van der Waals surface area contributed by atoms with Gasteiger partial charge in [0.05, 0.1) is 0 Å². The van der Waals surface area contributed by atoms with Crippen molar-refractivity contribution in [2.24, 2.45) is 5.73 Å². The van der Waals surface area contributed by atoms with E-state index in [1.54, 1.807) is 6.92 Å². The van der Waals surface area contributed by atoms with Gasteiger partial charge in [-0.15, -0.1) is 0 Å². The van der Waals surface area contributed by atoms with E-state index in [0.717, 1.165) is 25.9 Å². The monoisotopic (exact) mass is 258 g/mol. The molecule has 3 heteroatoms. The molecule has 0 unspecified atom stereocenters. The average Bonchev–Trinajstić information content (AvgIpc) is 2.78. The Morgan fingerprint density at radius 2 is 2.05 bits per heavy atom. The van der Waals surface area contributed by atoms with Gasteiger partial charge in [-0.3, -0.25) is 4.79 Å². The zero-order chi connectivity index (χ0) is 13.5. The van der Waals surface area contributed by atoms with Crippen LogP contribution in [-0.4, -0.2) is 23.9 Å². The fraction of sp³-hybridized carbons (Fsp3) is 0.562. The molecule has 3 nitrogen and oxygen atoms in total. The van der Waals surface area contributed by atoms with Crippen molar-refractivity contribution in [2.75, 3.05) is 13.1 Å². The van der Waals surface area contributed by atoms with Crippen LogP contribution >= 0.6 is 0 Å². The number of nitrogens with two attached hydrogens (primary N) is 1. The lowest BCUT2D eigenvalue weighted by Crippen LogP contribution is -2.43. The first kappa shape index (κ1) is 12.7. The molecule has 1 aliphatic heterocycles. The number of nitrogens with zero attached hydrogens (tertiary/aromatic N) is 1. The highest BCUT2D eigenvalue weighted by atomic mass is 16.2. The van der Waals surface area contributed by atoms with Crippen molar-refractivity contribution in [3.63, 3.8) is 0 Å². The molecule has 1 aromatic carbocycles. The molecule has 19 heavy (non-hydrogen) atoms. The van der Waals surface area contributed by atoms with Gasteiger partial charge >= 0.3 is 0 Å². The number of rotatable bonds is 1.